The Labute approximate surface area is 125 Å². The Hall–Kier alpha value is -1.28. The fourth-order valence-corrected chi connectivity index (χ4v) is 2.88. The molecule has 0 bridgehead atoms. The van der Waals surface area contributed by atoms with Gasteiger partial charge in [0.2, 0.25) is 0 Å². The molecule has 0 aliphatic carbocycles. The molecule has 1 aromatic rings. The van der Waals surface area contributed by atoms with Crippen LogP contribution in [0.25, 0.3) is 0 Å². The molecule has 0 aliphatic rings. The summed E-state index contributed by atoms with van der Waals surface area (Å²) in [6.07, 6.45) is -3.30. The lowest BCUT2D eigenvalue weighted by Gasteiger charge is -2.24. The van der Waals surface area contributed by atoms with Gasteiger partial charge in [0.05, 0.1) is 17.7 Å². The van der Waals surface area contributed by atoms with Crippen molar-refractivity contribution in [3.8, 4) is 0 Å². The third kappa shape index (κ3) is 5.20. The highest BCUT2D eigenvalue weighted by molar-refractivity contribution is 7.99. The van der Waals surface area contributed by atoms with Crippen LogP contribution in [0.15, 0.2) is 23.4 Å². The zero-order valence-corrected chi connectivity index (χ0v) is 12.7. The molecule has 0 radical (unpaired) electrons. The summed E-state index contributed by atoms with van der Waals surface area (Å²) in [6, 6.07) is 2.28. The monoisotopic (exact) mass is 322 g/mol. The molecule has 0 fully saturated rings. The molecule has 0 saturated heterocycles. The van der Waals surface area contributed by atoms with E-state index in [1.807, 2.05) is 6.92 Å². The summed E-state index contributed by atoms with van der Waals surface area (Å²) in [6.45, 7) is 3.37. The minimum atomic E-state index is -4.40. The van der Waals surface area contributed by atoms with Gasteiger partial charge >= 0.3 is 12.1 Å². The van der Waals surface area contributed by atoms with E-state index in [1.54, 1.807) is 6.92 Å². The van der Waals surface area contributed by atoms with Crippen molar-refractivity contribution in [1.82, 2.24) is 4.98 Å². The standard InChI is InChI=1S/C13H17F3N2O2S/c1-8(6-12(2,17)11(19)20-3)21-10-5-4-9(7-18-10)13(14,15)16/h4-5,7-8H,6,17H2,1-3H3. The average Bonchev–Trinajstić information content (AvgIpc) is 2.36. The van der Waals surface area contributed by atoms with Crippen LogP contribution in [0.5, 0.6) is 0 Å². The Kier molecular flexibility index (Phi) is 5.63. The van der Waals surface area contributed by atoms with Crippen molar-refractivity contribution in [1.29, 1.82) is 0 Å². The Morgan fingerprint density at radius 2 is 2.10 bits per heavy atom. The van der Waals surface area contributed by atoms with Gasteiger partial charge in [-0.3, -0.25) is 4.79 Å². The maximum Gasteiger partial charge on any atom is 0.417 e. The Balaban J connectivity index is 2.67. The number of alkyl halides is 3. The van der Waals surface area contributed by atoms with Gasteiger partial charge in [-0.15, -0.1) is 11.8 Å². The van der Waals surface area contributed by atoms with E-state index < -0.39 is 23.2 Å². The van der Waals surface area contributed by atoms with Crippen molar-refractivity contribution in [3.05, 3.63) is 23.9 Å². The normalized spacial score (nSPS) is 16.1. The summed E-state index contributed by atoms with van der Waals surface area (Å²) >= 11 is 1.25. The number of nitrogens with zero attached hydrogens (tertiary/aromatic N) is 1. The molecule has 1 aromatic heterocycles. The van der Waals surface area contributed by atoms with Gasteiger partial charge in [-0.05, 0) is 25.5 Å². The second kappa shape index (κ2) is 6.65. The number of ether oxygens (including phenoxy) is 1. The first-order valence-electron chi connectivity index (χ1n) is 6.13. The molecule has 1 heterocycles. The number of aromatic nitrogens is 1. The summed E-state index contributed by atoms with van der Waals surface area (Å²) in [5, 5.41) is 0.333. The number of hydrogen-bond acceptors (Lipinski definition) is 5. The first-order valence-corrected chi connectivity index (χ1v) is 7.01. The van der Waals surface area contributed by atoms with Gasteiger partial charge in [0.1, 0.15) is 5.54 Å². The van der Waals surface area contributed by atoms with Gasteiger partial charge in [0.25, 0.3) is 0 Å². The minimum absolute atomic E-state index is 0.108. The van der Waals surface area contributed by atoms with Crippen molar-refractivity contribution < 1.29 is 22.7 Å². The van der Waals surface area contributed by atoms with Crippen LogP contribution in [0.4, 0.5) is 13.2 Å². The summed E-state index contributed by atoms with van der Waals surface area (Å²) in [5.74, 6) is -0.532. The fourth-order valence-electron chi connectivity index (χ4n) is 1.78. The first-order chi connectivity index (χ1) is 9.56. The van der Waals surface area contributed by atoms with Gasteiger partial charge in [-0.1, -0.05) is 6.92 Å². The fraction of sp³-hybridized carbons (Fsp3) is 0.538. The van der Waals surface area contributed by atoms with Gasteiger partial charge in [-0.25, -0.2) is 4.98 Å². The van der Waals surface area contributed by atoms with Crippen LogP contribution in [0.3, 0.4) is 0 Å². The molecule has 0 aromatic carbocycles. The van der Waals surface area contributed by atoms with Crippen LogP contribution in [-0.2, 0) is 15.7 Å². The van der Waals surface area contributed by atoms with Crippen LogP contribution in [0, 0.1) is 0 Å². The zero-order chi connectivity index (χ0) is 16.3. The van der Waals surface area contributed by atoms with Crippen molar-refractivity contribution in [2.45, 2.75) is 42.3 Å². The predicted molar refractivity (Wildman–Crippen MR) is 73.8 cm³/mol. The number of thioether (sulfide) groups is 1. The largest absolute Gasteiger partial charge is 0.468 e. The SMILES string of the molecule is COC(=O)C(C)(N)CC(C)Sc1ccc(C(F)(F)F)cn1. The smallest absolute Gasteiger partial charge is 0.417 e. The number of esters is 1. The van der Waals surface area contributed by atoms with E-state index in [-0.39, 0.29) is 5.25 Å². The van der Waals surface area contributed by atoms with Gasteiger partial charge < -0.3 is 10.5 Å². The van der Waals surface area contributed by atoms with Gasteiger partial charge in [-0.2, -0.15) is 13.2 Å². The molecule has 8 heteroatoms. The first kappa shape index (κ1) is 17.8. The number of methoxy groups -OCH3 is 1. The second-order valence-corrected chi connectivity index (χ2v) is 6.38. The van der Waals surface area contributed by atoms with Crippen LogP contribution in [-0.4, -0.2) is 28.9 Å². The third-order valence-corrected chi connectivity index (χ3v) is 3.80. The topological polar surface area (TPSA) is 65.2 Å². The lowest BCUT2D eigenvalue weighted by atomic mass is 9.98. The highest BCUT2D eigenvalue weighted by Crippen LogP contribution is 2.31. The molecule has 1 rings (SSSR count). The molecule has 0 saturated carbocycles. The number of nitrogens with two attached hydrogens (primary N) is 1. The predicted octanol–water partition coefficient (Wildman–Crippen LogP) is 2.86. The third-order valence-electron chi connectivity index (χ3n) is 2.75. The van der Waals surface area contributed by atoms with Crippen molar-refractivity contribution in [2.75, 3.05) is 7.11 Å². The van der Waals surface area contributed by atoms with E-state index in [9.17, 15) is 18.0 Å². The Morgan fingerprint density at radius 3 is 2.52 bits per heavy atom. The van der Waals surface area contributed by atoms with Crippen molar-refractivity contribution in [2.24, 2.45) is 5.73 Å². The molecule has 2 atom stereocenters. The van der Waals surface area contributed by atoms with E-state index in [0.29, 0.717) is 11.4 Å². The maximum atomic E-state index is 12.4. The molecule has 4 nitrogen and oxygen atoms in total. The summed E-state index contributed by atoms with van der Waals surface area (Å²) < 4.78 is 41.9. The molecule has 0 aliphatic heterocycles. The molecule has 0 amide bonds. The molecule has 118 valence electrons. The van der Waals surface area contributed by atoms with E-state index in [4.69, 9.17) is 5.73 Å². The van der Waals surface area contributed by atoms with Gasteiger partial charge in [0, 0.05) is 11.4 Å². The highest BCUT2D eigenvalue weighted by Gasteiger charge is 2.32. The van der Waals surface area contributed by atoms with Crippen LogP contribution in [0.2, 0.25) is 0 Å². The molecule has 0 spiro atoms. The highest BCUT2D eigenvalue weighted by atomic mass is 32.2. The number of pyridine rings is 1. The maximum absolute atomic E-state index is 12.4. The lowest BCUT2D eigenvalue weighted by molar-refractivity contribution is -0.146. The van der Waals surface area contributed by atoms with Crippen LogP contribution in [0.1, 0.15) is 25.8 Å². The van der Waals surface area contributed by atoms with E-state index in [2.05, 4.69) is 9.72 Å². The minimum Gasteiger partial charge on any atom is -0.468 e. The molecule has 2 N–H and O–H groups in total. The number of carbonyl (C=O) groups excluding carboxylic acids is 1. The summed E-state index contributed by atoms with van der Waals surface area (Å²) in [4.78, 5) is 15.2. The number of rotatable bonds is 5. The Morgan fingerprint density at radius 1 is 1.48 bits per heavy atom. The van der Waals surface area contributed by atoms with E-state index in [1.165, 1.54) is 24.9 Å². The van der Waals surface area contributed by atoms with Crippen LogP contribution < -0.4 is 5.73 Å². The quantitative estimate of drug-likeness (QED) is 0.667. The summed E-state index contributed by atoms with van der Waals surface area (Å²) in [7, 11) is 1.25. The molecule has 21 heavy (non-hydrogen) atoms. The Bertz CT molecular complexity index is 489. The second-order valence-electron chi connectivity index (χ2n) is 4.92. The average molecular weight is 322 g/mol. The zero-order valence-electron chi connectivity index (χ0n) is 11.9. The summed E-state index contributed by atoms with van der Waals surface area (Å²) in [5.41, 5.74) is 3.91. The van der Waals surface area contributed by atoms with Crippen molar-refractivity contribution >= 4 is 17.7 Å². The van der Waals surface area contributed by atoms with Crippen molar-refractivity contribution in [3.63, 3.8) is 0 Å². The van der Waals surface area contributed by atoms with Gasteiger partial charge in [0.15, 0.2) is 0 Å². The lowest BCUT2D eigenvalue weighted by Crippen LogP contribution is -2.47. The molecular weight excluding hydrogens is 305 g/mol. The molecular formula is C13H17F3N2O2S. The molecule has 2 unspecified atom stereocenters. The van der Waals surface area contributed by atoms with Crippen LogP contribution >= 0.6 is 11.8 Å². The van der Waals surface area contributed by atoms with E-state index >= 15 is 0 Å². The van der Waals surface area contributed by atoms with E-state index in [0.717, 1.165) is 12.3 Å². The number of hydrogen-bond donors (Lipinski definition) is 1. The number of halogens is 3. The number of carbonyl (C=O) groups is 1.